The number of amides is 4. The Hall–Kier alpha value is -3.22. The van der Waals surface area contributed by atoms with E-state index in [-0.39, 0.29) is 12.4 Å². The van der Waals surface area contributed by atoms with Crippen LogP contribution in [0.5, 0.6) is 0 Å². The molecule has 1 aliphatic rings. The maximum absolute atomic E-state index is 12.9. The number of hydrogen-bond donors (Lipinski definition) is 2. The molecule has 0 bridgehead atoms. The quantitative estimate of drug-likeness (QED) is 0.688. The van der Waals surface area contributed by atoms with Gasteiger partial charge in [0.2, 0.25) is 5.91 Å². The van der Waals surface area contributed by atoms with Crippen molar-refractivity contribution < 1.29 is 18.8 Å². The third-order valence-corrected chi connectivity index (χ3v) is 5.38. The minimum Gasteiger partial charge on any atom is -0.354 e. The average molecular weight is 411 g/mol. The van der Waals surface area contributed by atoms with Crippen molar-refractivity contribution in [3.63, 3.8) is 0 Å². The number of carbonyl (C=O) groups excluding carboxylic acids is 3. The second kappa shape index (κ2) is 8.65. The van der Waals surface area contributed by atoms with Crippen LogP contribution in [-0.4, -0.2) is 35.8 Å². The molecule has 30 heavy (non-hydrogen) atoms. The Morgan fingerprint density at radius 2 is 1.73 bits per heavy atom. The molecule has 1 fully saturated rings. The van der Waals surface area contributed by atoms with Crippen LogP contribution in [0.2, 0.25) is 0 Å². The number of nitrogens with zero attached hydrogens (tertiary/aromatic N) is 1. The van der Waals surface area contributed by atoms with Crippen molar-refractivity contribution in [2.24, 2.45) is 0 Å². The zero-order valence-corrected chi connectivity index (χ0v) is 17.4. The van der Waals surface area contributed by atoms with Gasteiger partial charge in [0.05, 0.1) is 0 Å². The van der Waals surface area contributed by atoms with E-state index >= 15 is 0 Å². The number of rotatable bonds is 7. The second-order valence-corrected chi connectivity index (χ2v) is 7.95. The van der Waals surface area contributed by atoms with Crippen LogP contribution >= 0.6 is 0 Å². The van der Waals surface area contributed by atoms with Gasteiger partial charge in [-0.1, -0.05) is 50.2 Å². The molecule has 1 saturated heterocycles. The van der Waals surface area contributed by atoms with Crippen LogP contribution < -0.4 is 10.6 Å². The lowest BCUT2D eigenvalue weighted by Crippen LogP contribution is -2.43. The van der Waals surface area contributed by atoms with Gasteiger partial charge in [0.1, 0.15) is 17.9 Å². The molecule has 2 aromatic rings. The fourth-order valence-corrected chi connectivity index (χ4v) is 3.43. The molecule has 3 rings (SSSR count). The van der Waals surface area contributed by atoms with Crippen LogP contribution in [0.1, 0.15) is 43.4 Å². The van der Waals surface area contributed by atoms with Gasteiger partial charge in [0.15, 0.2) is 0 Å². The third kappa shape index (κ3) is 4.50. The molecule has 1 heterocycles. The van der Waals surface area contributed by atoms with E-state index in [0.717, 1.165) is 16.0 Å². The smallest absolute Gasteiger partial charge is 0.325 e. The first-order chi connectivity index (χ1) is 14.2. The number of urea groups is 1. The molecule has 0 saturated carbocycles. The van der Waals surface area contributed by atoms with Crippen LogP contribution in [-0.2, 0) is 21.5 Å². The van der Waals surface area contributed by atoms with E-state index in [1.165, 1.54) is 12.1 Å². The van der Waals surface area contributed by atoms with Crippen molar-refractivity contribution in [2.75, 3.05) is 13.1 Å². The first kappa shape index (κ1) is 21.5. The highest BCUT2D eigenvalue weighted by molar-refractivity contribution is 6.09. The topological polar surface area (TPSA) is 78.5 Å². The van der Waals surface area contributed by atoms with E-state index < -0.39 is 23.4 Å². The predicted octanol–water partition coefficient (Wildman–Crippen LogP) is 3.08. The molecule has 1 aliphatic heterocycles. The SMILES string of the molecule is CC(C)c1ccc(C2(C)NC(=O)N(CC(=O)NCCc3ccc(F)cc3)C2=O)cc1. The van der Waals surface area contributed by atoms with E-state index in [9.17, 15) is 18.8 Å². The summed E-state index contributed by atoms with van der Waals surface area (Å²) in [4.78, 5) is 38.5. The molecule has 4 amide bonds. The number of nitrogens with one attached hydrogen (secondary N) is 2. The van der Waals surface area contributed by atoms with Gasteiger partial charge in [-0.05, 0) is 48.1 Å². The lowest BCUT2D eigenvalue weighted by atomic mass is 9.90. The molecule has 6 nitrogen and oxygen atoms in total. The van der Waals surface area contributed by atoms with E-state index in [0.29, 0.717) is 24.4 Å². The van der Waals surface area contributed by atoms with Crippen LogP contribution in [0, 0.1) is 5.82 Å². The normalized spacial score (nSPS) is 18.6. The average Bonchev–Trinajstić information content (AvgIpc) is 2.93. The van der Waals surface area contributed by atoms with E-state index in [1.54, 1.807) is 19.1 Å². The van der Waals surface area contributed by atoms with Crippen molar-refractivity contribution in [1.29, 1.82) is 0 Å². The minimum atomic E-state index is -1.21. The Balaban J connectivity index is 1.59. The van der Waals surface area contributed by atoms with Gasteiger partial charge in [-0.15, -0.1) is 0 Å². The lowest BCUT2D eigenvalue weighted by molar-refractivity contribution is -0.134. The number of benzene rings is 2. The molecular formula is C23H26FN3O3. The maximum atomic E-state index is 12.9. The predicted molar refractivity (Wildman–Crippen MR) is 111 cm³/mol. The molecule has 7 heteroatoms. The van der Waals surface area contributed by atoms with Crippen molar-refractivity contribution in [3.8, 4) is 0 Å². The number of hydrogen-bond acceptors (Lipinski definition) is 3. The van der Waals surface area contributed by atoms with Crippen molar-refractivity contribution >= 4 is 17.8 Å². The highest BCUT2D eigenvalue weighted by Crippen LogP contribution is 2.29. The molecule has 0 aliphatic carbocycles. The summed E-state index contributed by atoms with van der Waals surface area (Å²) in [7, 11) is 0. The van der Waals surface area contributed by atoms with Crippen molar-refractivity contribution in [1.82, 2.24) is 15.5 Å². The molecule has 2 N–H and O–H groups in total. The van der Waals surface area contributed by atoms with Gasteiger partial charge in [-0.25, -0.2) is 9.18 Å². The number of imide groups is 1. The fourth-order valence-electron chi connectivity index (χ4n) is 3.43. The Kier molecular flexibility index (Phi) is 6.20. The van der Waals surface area contributed by atoms with Crippen LogP contribution in [0.3, 0.4) is 0 Å². The first-order valence-electron chi connectivity index (χ1n) is 9.96. The molecule has 0 spiro atoms. The lowest BCUT2D eigenvalue weighted by Gasteiger charge is -2.22. The molecular weight excluding hydrogens is 385 g/mol. The number of carbonyl (C=O) groups is 3. The summed E-state index contributed by atoms with van der Waals surface area (Å²) >= 11 is 0. The van der Waals surface area contributed by atoms with Gasteiger partial charge < -0.3 is 10.6 Å². The monoisotopic (exact) mass is 411 g/mol. The summed E-state index contributed by atoms with van der Waals surface area (Å²) in [5, 5.41) is 5.40. The second-order valence-electron chi connectivity index (χ2n) is 7.95. The summed E-state index contributed by atoms with van der Waals surface area (Å²) in [6, 6.07) is 13.0. The van der Waals surface area contributed by atoms with Crippen LogP contribution in [0.25, 0.3) is 0 Å². The molecule has 1 atom stereocenters. The summed E-state index contributed by atoms with van der Waals surface area (Å²) in [6.45, 7) is 5.77. The van der Waals surface area contributed by atoms with Crippen molar-refractivity contribution in [2.45, 2.75) is 38.6 Å². The van der Waals surface area contributed by atoms with Crippen molar-refractivity contribution in [3.05, 3.63) is 71.0 Å². The fraction of sp³-hybridized carbons (Fsp3) is 0.348. The first-order valence-corrected chi connectivity index (χ1v) is 9.96. The van der Waals surface area contributed by atoms with Gasteiger partial charge in [-0.3, -0.25) is 14.5 Å². The Morgan fingerprint density at radius 3 is 2.33 bits per heavy atom. The standard InChI is InChI=1S/C23H26FN3O3/c1-15(2)17-6-8-18(9-7-17)23(3)21(29)27(22(30)26-23)14-20(28)25-13-12-16-4-10-19(24)11-5-16/h4-11,15H,12-14H2,1-3H3,(H,25,28)(H,26,30). The van der Waals surface area contributed by atoms with E-state index in [4.69, 9.17) is 0 Å². The van der Waals surface area contributed by atoms with E-state index in [1.807, 2.05) is 24.3 Å². The summed E-state index contributed by atoms with van der Waals surface area (Å²) in [5.74, 6) is -0.849. The molecule has 0 aromatic heterocycles. The summed E-state index contributed by atoms with van der Waals surface area (Å²) < 4.78 is 12.9. The van der Waals surface area contributed by atoms with Crippen LogP contribution in [0.4, 0.5) is 9.18 Å². The Bertz CT molecular complexity index is 941. The summed E-state index contributed by atoms with van der Waals surface area (Å²) in [6.07, 6.45) is 0.520. The van der Waals surface area contributed by atoms with Gasteiger partial charge >= 0.3 is 6.03 Å². The summed E-state index contributed by atoms with van der Waals surface area (Å²) in [5.41, 5.74) is 1.48. The van der Waals surface area contributed by atoms with Crippen LogP contribution in [0.15, 0.2) is 48.5 Å². The molecule has 1 unspecified atom stereocenters. The zero-order chi connectivity index (χ0) is 21.9. The Morgan fingerprint density at radius 1 is 1.10 bits per heavy atom. The third-order valence-electron chi connectivity index (χ3n) is 5.38. The minimum absolute atomic E-state index is 0.316. The zero-order valence-electron chi connectivity index (χ0n) is 17.4. The van der Waals surface area contributed by atoms with Gasteiger partial charge in [-0.2, -0.15) is 0 Å². The highest BCUT2D eigenvalue weighted by Gasteiger charge is 2.49. The molecule has 0 radical (unpaired) electrons. The van der Waals surface area contributed by atoms with E-state index in [2.05, 4.69) is 24.5 Å². The van der Waals surface area contributed by atoms with Gasteiger partial charge in [0.25, 0.3) is 5.91 Å². The molecule has 158 valence electrons. The highest BCUT2D eigenvalue weighted by atomic mass is 19.1. The number of halogens is 1. The Labute approximate surface area is 175 Å². The van der Waals surface area contributed by atoms with Gasteiger partial charge in [0, 0.05) is 6.54 Å². The maximum Gasteiger partial charge on any atom is 0.325 e. The molecule has 2 aromatic carbocycles. The largest absolute Gasteiger partial charge is 0.354 e.